The highest BCUT2D eigenvalue weighted by atomic mass is 35.5. The Kier molecular flexibility index (Phi) is 6.81. The molecule has 0 bridgehead atoms. The molecule has 0 amide bonds. The molecule has 4 rings (SSSR count). The second kappa shape index (κ2) is 9.36. The molecule has 0 aliphatic heterocycles. The van der Waals surface area contributed by atoms with Crippen LogP contribution in [-0.2, 0) is 5.41 Å². The number of benzene rings is 2. The van der Waals surface area contributed by atoms with E-state index in [1.54, 1.807) is 6.20 Å². The predicted molar refractivity (Wildman–Crippen MR) is 131 cm³/mol. The van der Waals surface area contributed by atoms with Crippen LogP contribution in [0.15, 0.2) is 67.1 Å². The summed E-state index contributed by atoms with van der Waals surface area (Å²) >= 11 is 0. The maximum atomic E-state index is 5.47. The van der Waals surface area contributed by atoms with E-state index < -0.39 is 0 Å². The van der Waals surface area contributed by atoms with Crippen LogP contribution in [0, 0.1) is 0 Å². The monoisotopic (exact) mass is 433 g/mol. The fourth-order valence-corrected chi connectivity index (χ4v) is 3.37. The number of aromatic nitrogens is 3. The van der Waals surface area contributed by atoms with Crippen LogP contribution in [-0.4, -0.2) is 21.1 Å². The summed E-state index contributed by atoms with van der Waals surface area (Å²) in [6, 6.07) is 18.9. The molecule has 2 aromatic carbocycles. The van der Waals surface area contributed by atoms with Crippen molar-refractivity contribution < 1.29 is 4.74 Å². The van der Waals surface area contributed by atoms with E-state index in [0.29, 0.717) is 6.61 Å². The molecule has 4 aromatic rings. The first kappa shape index (κ1) is 22.6. The third-order valence-electron chi connectivity index (χ3n) is 5.09. The molecule has 0 N–H and O–H groups in total. The van der Waals surface area contributed by atoms with Crippen LogP contribution in [0.2, 0.25) is 0 Å². The highest BCUT2D eigenvalue weighted by Gasteiger charge is 2.12. The molecule has 4 nitrogen and oxygen atoms in total. The number of nitrogens with zero attached hydrogens (tertiary/aromatic N) is 3. The Labute approximate surface area is 190 Å². The Morgan fingerprint density at radius 1 is 0.903 bits per heavy atom. The van der Waals surface area contributed by atoms with E-state index in [9.17, 15) is 0 Å². The molecule has 160 valence electrons. The zero-order valence-electron chi connectivity index (χ0n) is 18.4. The largest absolute Gasteiger partial charge is 0.492 e. The number of rotatable bonds is 5. The number of halogens is 1. The van der Waals surface area contributed by atoms with Gasteiger partial charge in [0.1, 0.15) is 17.9 Å². The molecular weight excluding hydrogens is 406 g/mol. The van der Waals surface area contributed by atoms with Crippen molar-refractivity contribution in [1.29, 1.82) is 0 Å². The number of hydrogen-bond acceptors (Lipinski definition) is 3. The molecule has 0 spiro atoms. The first-order chi connectivity index (χ1) is 14.4. The second-order valence-electron chi connectivity index (χ2n) is 8.35. The molecule has 0 aliphatic rings. The number of ether oxygens (including phenoxy) is 1. The van der Waals surface area contributed by atoms with Crippen molar-refractivity contribution in [3.05, 3.63) is 83.8 Å². The van der Waals surface area contributed by atoms with Gasteiger partial charge in [0.2, 0.25) is 0 Å². The van der Waals surface area contributed by atoms with Crippen LogP contribution in [0.3, 0.4) is 0 Å². The van der Waals surface area contributed by atoms with Gasteiger partial charge in [-0.05, 0) is 53.3 Å². The lowest BCUT2D eigenvalue weighted by Gasteiger charge is -2.18. The number of imidazole rings is 1. The van der Waals surface area contributed by atoms with E-state index in [2.05, 4.69) is 85.4 Å². The van der Waals surface area contributed by atoms with Gasteiger partial charge in [-0.15, -0.1) is 12.4 Å². The van der Waals surface area contributed by atoms with Crippen LogP contribution in [0.4, 0.5) is 0 Å². The Balaban J connectivity index is 0.00000272. The molecule has 5 heteroatoms. The van der Waals surface area contributed by atoms with Crippen LogP contribution >= 0.6 is 12.4 Å². The predicted octanol–water partition coefficient (Wildman–Crippen LogP) is 6.71. The van der Waals surface area contributed by atoms with Gasteiger partial charge in [0, 0.05) is 0 Å². The van der Waals surface area contributed by atoms with E-state index in [4.69, 9.17) is 4.74 Å². The SMILES string of the molecule is CCOc1ccc(-n2cnc3cc(C=Cc4ccc(C(C)(C)C)cc4)ccc32)nc1.Cl. The number of hydrogen-bond donors (Lipinski definition) is 0. The van der Waals surface area contributed by atoms with Gasteiger partial charge in [0.25, 0.3) is 0 Å². The summed E-state index contributed by atoms with van der Waals surface area (Å²) in [7, 11) is 0. The van der Waals surface area contributed by atoms with Crippen LogP contribution in [0.5, 0.6) is 5.75 Å². The molecule has 2 heterocycles. The third kappa shape index (κ3) is 5.15. The lowest BCUT2D eigenvalue weighted by Crippen LogP contribution is -2.10. The minimum atomic E-state index is 0. The second-order valence-corrected chi connectivity index (χ2v) is 8.35. The molecule has 0 atom stereocenters. The first-order valence-corrected chi connectivity index (χ1v) is 10.3. The quantitative estimate of drug-likeness (QED) is 0.328. The molecule has 0 radical (unpaired) electrons. The summed E-state index contributed by atoms with van der Waals surface area (Å²) < 4.78 is 7.46. The Bertz CT molecular complexity index is 1170. The summed E-state index contributed by atoms with van der Waals surface area (Å²) in [5.74, 6) is 1.59. The molecule has 0 unspecified atom stereocenters. The highest BCUT2D eigenvalue weighted by molar-refractivity contribution is 5.85. The molecular formula is C26H28ClN3O. The number of fused-ring (bicyclic) bond motifs is 1. The van der Waals surface area contributed by atoms with E-state index >= 15 is 0 Å². The fraction of sp³-hybridized carbons (Fsp3) is 0.231. The summed E-state index contributed by atoms with van der Waals surface area (Å²) in [5, 5.41) is 0. The molecule has 0 fully saturated rings. The lowest BCUT2D eigenvalue weighted by molar-refractivity contribution is 0.339. The number of pyridine rings is 1. The van der Waals surface area contributed by atoms with Gasteiger partial charge in [0.15, 0.2) is 0 Å². The first-order valence-electron chi connectivity index (χ1n) is 10.3. The lowest BCUT2D eigenvalue weighted by atomic mass is 9.87. The molecule has 2 aromatic heterocycles. The van der Waals surface area contributed by atoms with Crippen molar-refractivity contribution in [2.75, 3.05) is 6.61 Å². The summed E-state index contributed by atoms with van der Waals surface area (Å²) in [6.45, 7) is 9.29. The molecule has 0 saturated heterocycles. The standard InChI is InChI=1S/C26H27N3O.ClH/c1-5-30-22-13-15-25(27-17-22)29-18-28-23-16-20(10-14-24(23)29)7-6-19-8-11-21(12-9-19)26(2,3)4;/h6-18H,5H2,1-4H3;1H. The normalized spacial score (nSPS) is 11.6. The zero-order valence-corrected chi connectivity index (χ0v) is 19.2. The third-order valence-corrected chi connectivity index (χ3v) is 5.09. The molecule has 31 heavy (non-hydrogen) atoms. The van der Waals surface area contributed by atoms with Crippen molar-refractivity contribution in [1.82, 2.24) is 14.5 Å². The van der Waals surface area contributed by atoms with Gasteiger partial charge in [-0.25, -0.2) is 9.97 Å². The van der Waals surface area contributed by atoms with Gasteiger partial charge in [-0.2, -0.15) is 0 Å². The smallest absolute Gasteiger partial charge is 0.138 e. The van der Waals surface area contributed by atoms with E-state index in [1.165, 1.54) is 11.1 Å². The molecule has 0 saturated carbocycles. The van der Waals surface area contributed by atoms with Crippen LogP contribution in [0.25, 0.3) is 29.0 Å². The van der Waals surface area contributed by atoms with Crippen LogP contribution in [0.1, 0.15) is 44.4 Å². The van der Waals surface area contributed by atoms with Gasteiger partial charge in [-0.3, -0.25) is 4.57 Å². The maximum absolute atomic E-state index is 5.47. The van der Waals surface area contributed by atoms with E-state index in [1.807, 2.05) is 30.0 Å². The van der Waals surface area contributed by atoms with Gasteiger partial charge < -0.3 is 4.74 Å². The average Bonchev–Trinajstić information content (AvgIpc) is 3.16. The van der Waals surface area contributed by atoms with Crippen LogP contribution < -0.4 is 4.74 Å². The Morgan fingerprint density at radius 3 is 2.26 bits per heavy atom. The Morgan fingerprint density at radius 2 is 1.61 bits per heavy atom. The fourth-order valence-electron chi connectivity index (χ4n) is 3.37. The molecule has 0 aliphatic carbocycles. The zero-order chi connectivity index (χ0) is 21.1. The summed E-state index contributed by atoms with van der Waals surface area (Å²) in [5.41, 5.74) is 5.79. The van der Waals surface area contributed by atoms with Crippen molar-refractivity contribution in [2.45, 2.75) is 33.1 Å². The summed E-state index contributed by atoms with van der Waals surface area (Å²) in [4.78, 5) is 9.06. The minimum Gasteiger partial charge on any atom is -0.492 e. The minimum absolute atomic E-state index is 0. The van der Waals surface area contributed by atoms with Crippen molar-refractivity contribution in [2.24, 2.45) is 0 Å². The van der Waals surface area contributed by atoms with Crippen molar-refractivity contribution in [3.8, 4) is 11.6 Å². The highest BCUT2D eigenvalue weighted by Crippen LogP contribution is 2.24. The van der Waals surface area contributed by atoms with Gasteiger partial charge in [0.05, 0.1) is 23.8 Å². The van der Waals surface area contributed by atoms with Crippen molar-refractivity contribution >= 4 is 35.6 Å². The van der Waals surface area contributed by atoms with Gasteiger partial charge in [-0.1, -0.05) is 63.3 Å². The maximum Gasteiger partial charge on any atom is 0.138 e. The summed E-state index contributed by atoms with van der Waals surface area (Å²) in [6.07, 6.45) is 7.82. The van der Waals surface area contributed by atoms with Gasteiger partial charge >= 0.3 is 0 Å². The van der Waals surface area contributed by atoms with E-state index in [0.717, 1.165) is 28.2 Å². The van der Waals surface area contributed by atoms with E-state index in [-0.39, 0.29) is 17.8 Å². The van der Waals surface area contributed by atoms with Crippen molar-refractivity contribution in [3.63, 3.8) is 0 Å². The Hall–Kier alpha value is -3.11. The topological polar surface area (TPSA) is 39.9 Å². The average molecular weight is 434 g/mol.